The van der Waals surface area contributed by atoms with Gasteiger partial charge in [0.15, 0.2) is 17.3 Å². The normalized spacial score (nSPS) is 23.8. The monoisotopic (exact) mass is 333 g/mol. The van der Waals surface area contributed by atoms with Crippen LogP contribution in [0, 0.1) is 0 Å². The van der Waals surface area contributed by atoms with Crippen LogP contribution < -0.4 is 14.8 Å². The molecular formula is C16H13F2N3O3. The second-order valence-electron chi connectivity index (χ2n) is 6.35. The maximum Gasteiger partial charge on any atom is 0.586 e. The highest BCUT2D eigenvalue weighted by molar-refractivity contribution is 5.94. The zero-order chi connectivity index (χ0) is 16.5. The van der Waals surface area contributed by atoms with Gasteiger partial charge in [0.2, 0.25) is 5.91 Å². The second kappa shape index (κ2) is 4.46. The average molecular weight is 333 g/mol. The summed E-state index contributed by atoms with van der Waals surface area (Å²) < 4.78 is 35.4. The van der Waals surface area contributed by atoms with Gasteiger partial charge in [0.25, 0.3) is 0 Å². The molecule has 1 unspecified atom stereocenters. The first-order chi connectivity index (χ1) is 11.5. The van der Waals surface area contributed by atoms with E-state index < -0.39 is 6.29 Å². The maximum atomic E-state index is 13.2. The minimum atomic E-state index is -3.65. The van der Waals surface area contributed by atoms with Crippen LogP contribution in [0.15, 0.2) is 18.2 Å². The Bertz CT molecular complexity index is 860. The van der Waals surface area contributed by atoms with Crippen LogP contribution in [0.25, 0.3) is 0 Å². The number of halogens is 2. The number of nitrogens with one attached hydrogen (secondary N) is 2. The van der Waals surface area contributed by atoms with Crippen LogP contribution in [0.2, 0.25) is 0 Å². The summed E-state index contributed by atoms with van der Waals surface area (Å²) in [7, 11) is 0. The van der Waals surface area contributed by atoms with E-state index >= 15 is 0 Å². The lowest BCUT2D eigenvalue weighted by molar-refractivity contribution is -0.286. The third-order valence-electron chi connectivity index (χ3n) is 4.64. The zero-order valence-corrected chi connectivity index (χ0v) is 12.4. The summed E-state index contributed by atoms with van der Waals surface area (Å²) in [6.45, 7) is 0. The molecule has 6 nitrogen and oxygen atoms in total. The number of amides is 1. The highest BCUT2D eigenvalue weighted by Gasteiger charge is 2.44. The van der Waals surface area contributed by atoms with E-state index in [0.717, 1.165) is 29.7 Å². The van der Waals surface area contributed by atoms with Crippen LogP contribution in [-0.2, 0) is 4.79 Å². The Labute approximate surface area is 135 Å². The fourth-order valence-corrected chi connectivity index (χ4v) is 3.43. The molecule has 2 aliphatic heterocycles. The van der Waals surface area contributed by atoms with Gasteiger partial charge in [-0.3, -0.25) is 9.89 Å². The molecule has 2 N–H and O–H groups in total. The number of hydrogen-bond acceptors (Lipinski definition) is 4. The van der Waals surface area contributed by atoms with Crippen molar-refractivity contribution in [3.63, 3.8) is 0 Å². The molecule has 3 aliphatic rings. The van der Waals surface area contributed by atoms with Gasteiger partial charge in [-0.15, -0.1) is 8.78 Å². The van der Waals surface area contributed by atoms with Gasteiger partial charge < -0.3 is 14.8 Å². The largest absolute Gasteiger partial charge is 0.586 e. The Kier molecular flexibility index (Phi) is 2.56. The van der Waals surface area contributed by atoms with E-state index in [0.29, 0.717) is 11.7 Å². The van der Waals surface area contributed by atoms with Crippen molar-refractivity contribution < 1.29 is 23.0 Å². The number of anilines is 1. The number of hydrogen-bond donors (Lipinski definition) is 2. The minimum Gasteiger partial charge on any atom is -0.395 e. The molecule has 1 saturated carbocycles. The summed E-state index contributed by atoms with van der Waals surface area (Å²) in [5.41, 5.74) is 2.70. The minimum absolute atomic E-state index is 0.00107. The van der Waals surface area contributed by atoms with Crippen molar-refractivity contribution in [3.05, 3.63) is 35.0 Å². The molecule has 0 spiro atoms. The summed E-state index contributed by atoms with van der Waals surface area (Å²) in [6, 6.07) is 4.67. The molecule has 24 heavy (non-hydrogen) atoms. The molecule has 0 saturated heterocycles. The molecule has 1 aliphatic carbocycles. The first kappa shape index (κ1) is 13.8. The SMILES string of the molecule is O=C1CC(c2ccc3c(c2)OC(F)(F)O3)c2c(n[nH]c2C2CC2)N1. The number of aromatic amines is 1. The molecule has 1 fully saturated rings. The number of fused-ring (bicyclic) bond motifs is 2. The molecule has 0 radical (unpaired) electrons. The third kappa shape index (κ3) is 2.05. The molecule has 3 heterocycles. The Morgan fingerprint density at radius 1 is 1.21 bits per heavy atom. The van der Waals surface area contributed by atoms with Crippen molar-refractivity contribution in [2.45, 2.75) is 37.4 Å². The highest BCUT2D eigenvalue weighted by Crippen LogP contribution is 2.49. The van der Waals surface area contributed by atoms with Crippen molar-refractivity contribution in [1.29, 1.82) is 0 Å². The fraction of sp³-hybridized carbons (Fsp3) is 0.375. The standard InChI is InChI=1S/C16H13F2N3O3/c17-16(18)23-10-4-3-8(5-11(10)24-16)9-6-12(22)19-15-13(9)14(20-21-15)7-1-2-7/h3-5,7,9H,1-2,6H2,(H2,19,20,21,22). The zero-order valence-electron chi connectivity index (χ0n) is 12.4. The van der Waals surface area contributed by atoms with Crippen LogP contribution in [0.4, 0.5) is 14.6 Å². The van der Waals surface area contributed by atoms with Crippen LogP contribution in [0.3, 0.4) is 0 Å². The van der Waals surface area contributed by atoms with Crippen molar-refractivity contribution in [2.24, 2.45) is 0 Å². The van der Waals surface area contributed by atoms with Crippen LogP contribution in [-0.4, -0.2) is 22.4 Å². The van der Waals surface area contributed by atoms with Gasteiger partial charge in [-0.05, 0) is 30.5 Å². The van der Waals surface area contributed by atoms with Gasteiger partial charge >= 0.3 is 6.29 Å². The van der Waals surface area contributed by atoms with Crippen LogP contribution >= 0.6 is 0 Å². The number of benzene rings is 1. The van der Waals surface area contributed by atoms with E-state index in [-0.39, 0.29) is 29.7 Å². The first-order valence-electron chi connectivity index (χ1n) is 7.78. The topological polar surface area (TPSA) is 76.2 Å². The second-order valence-corrected chi connectivity index (χ2v) is 6.35. The molecule has 0 bridgehead atoms. The summed E-state index contributed by atoms with van der Waals surface area (Å²) in [4.78, 5) is 12.0. The maximum absolute atomic E-state index is 13.2. The molecule has 124 valence electrons. The summed E-state index contributed by atoms with van der Waals surface area (Å²) in [5.74, 6) is 0.550. The highest BCUT2D eigenvalue weighted by atomic mass is 19.3. The number of carbonyl (C=O) groups excluding carboxylic acids is 1. The molecule has 5 rings (SSSR count). The third-order valence-corrected chi connectivity index (χ3v) is 4.64. The summed E-state index contributed by atoms with van der Waals surface area (Å²) >= 11 is 0. The number of carbonyl (C=O) groups is 1. The van der Waals surface area contributed by atoms with Gasteiger partial charge in [0.1, 0.15) is 0 Å². The van der Waals surface area contributed by atoms with Crippen molar-refractivity contribution in [1.82, 2.24) is 10.2 Å². The van der Waals surface area contributed by atoms with E-state index in [1.165, 1.54) is 12.1 Å². The van der Waals surface area contributed by atoms with E-state index in [1.807, 2.05) is 0 Å². The Morgan fingerprint density at radius 3 is 2.79 bits per heavy atom. The molecule has 1 amide bonds. The van der Waals surface area contributed by atoms with Crippen LogP contribution in [0.1, 0.15) is 47.9 Å². The molecule has 1 aromatic carbocycles. The lowest BCUT2D eigenvalue weighted by Gasteiger charge is -2.23. The molecule has 1 aromatic heterocycles. The quantitative estimate of drug-likeness (QED) is 0.885. The average Bonchev–Trinajstić information content (AvgIpc) is 3.19. The van der Waals surface area contributed by atoms with E-state index in [4.69, 9.17) is 0 Å². The Balaban J connectivity index is 1.59. The van der Waals surface area contributed by atoms with E-state index in [2.05, 4.69) is 25.0 Å². The number of aromatic nitrogens is 2. The number of nitrogens with zero attached hydrogens (tertiary/aromatic N) is 1. The van der Waals surface area contributed by atoms with E-state index in [1.54, 1.807) is 6.07 Å². The molecule has 2 aromatic rings. The predicted molar refractivity (Wildman–Crippen MR) is 78.3 cm³/mol. The van der Waals surface area contributed by atoms with Gasteiger partial charge in [0, 0.05) is 29.5 Å². The number of ether oxygens (including phenoxy) is 2. The van der Waals surface area contributed by atoms with Crippen molar-refractivity contribution >= 4 is 11.7 Å². The lowest BCUT2D eigenvalue weighted by atomic mass is 9.84. The van der Waals surface area contributed by atoms with Crippen molar-refractivity contribution in [2.75, 3.05) is 5.32 Å². The van der Waals surface area contributed by atoms with Crippen LogP contribution in [0.5, 0.6) is 11.5 Å². The molecule has 8 heteroatoms. The van der Waals surface area contributed by atoms with Gasteiger partial charge in [-0.2, -0.15) is 5.10 Å². The fourth-order valence-electron chi connectivity index (χ4n) is 3.43. The Hall–Kier alpha value is -2.64. The van der Waals surface area contributed by atoms with Gasteiger partial charge in [-0.25, -0.2) is 0 Å². The number of H-pyrrole nitrogens is 1. The molecule has 1 atom stereocenters. The summed E-state index contributed by atoms with van der Waals surface area (Å²) in [6.07, 6.45) is -1.24. The van der Waals surface area contributed by atoms with Gasteiger partial charge in [-0.1, -0.05) is 6.07 Å². The molecular weight excluding hydrogens is 320 g/mol. The predicted octanol–water partition coefficient (Wildman–Crippen LogP) is 3.08. The lowest BCUT2D eigenvalue weighted by Crippen LogP contribution is -2.26. The van der Waals surface area contributed by atoms with Gasteiger partial charge in [0.05, 0.1) is 0 Å². The number of alkyl halides is 2. The van der Waals surface area contributed by atoms with Crippen molar-refractivity contribution in [3.8, 4) is 11.5 Å². The van der Waals surface area contributed by atoms with E-state index in [9.17, 15) is 13.6 Å². The smallest absolute Gasteiger partial charge is 0.395 e. The first-order valence-corrected chi connectivity index (χ1v) is 7.78. The number of rotatable bonds is 2. The summed E-state index contributed by atoms with van der Waals surface area (Å²) in [5, 5.41) is 10.0. The Morgan fingerprint density at radius 2 is 2.00 bits per heavy atom.